The van der Waals surface area contributed by atoms with Crippen LogP contribution in [0.15, 0.2) is 66.4 Å². The van der Waals surface area contributed by atoms with Crippen molar-refractivity contribution in [2.24, 2.45) is 0 Å². The fourth-order valence-corrected chi connectivity index (χ4v) is 2.84. The van der Waals surface area contributed by atoms with Crippen LogP contribution in [0.1, 0.15) is 15.9 Å². The summed E-state index contributed by atoms with van der Waals surface area (Å²) >= 11 is 0. The van der Waals surface area contributed by atoms with Gasteiger partial charge in [-0.25, -0.2) is 0 Å². The second-order valence-electron chi connectivity index (χ2n) is 6.27. The third-order valence-electron chi connectivity index (χ3n) is 4.30. The Balaban J connectivity index is 1.53. The van der Waals surface area contributed by atoms with E-state index in [1.165, 1.54) is 6.08 Å². The summed E-state index contributed by atoms with van der Waals surface area (Å²) in [7, 11) is 0. The van der Waals surface area contributed by atoms with E-state index in [1.54, 1.807) is 24.3 Å². The number of carbonyl (C=O) groups excluding carboxylic acids is 3. The van der Waals surface area contributed by atoms with Crippen LogP contribution in [0.3, 0.4) is 0 Å². The highest BCUT2D eigenvalue weighted by atomic mass is 16.3. The molecule has 0 bridgehead atoms. The van der Waals surface area contributed by atoms with Gasteiger partial charge in [0.25, 0.3) is 17.7 Å². The Hall–Kier alpha value is -3.45. The molecule has 3 N–H and O–H groups in total. The van der Waals surface area contributed by atoms with E-state index in [2.05, 4.69) is 10.6 Å². The highest BCUT2D eigenvalue weighted by molar-refractivity contribution is 6.17. The van der Waals surface area contributed by atoms with Crippen molar-refractivity contribution in [1.82, 2.24) is 10.2 Å². The number of rotatable bonds is 8. The van der Waals surface area contributed by atoms with Crippen molar-refractivity contribution in [3.63, 3.8) is 0 Å². The smallest absolute Gasteiger partial charge is 0.277 e. The van der Waals surface area contributed by atoms with E-state index in [0.29, 0.717) is 17.8 Å². The molecule has 1 aliphatic rings. The van der Waals surface area contributed by atoms with Crippen LogP contribution in [-0.4, -0.2) is 47.4 Å². The Kier molecular flexibility index (Phi) is 6.18. The van der Waals surface area contributed by atoms with E-state index < -0.39 is 11.8 Å². The summed E-state index contributed by atoms with van der Waals surface area (Å²) in [6.45, 7) is 0.209. The number of aliphatic hydroxyl groups is 1. The molecule has 0 radical (unpaired) electrons. The van der Waals surface area contributed by atoms with Gasteiger partial charge in [-0.1, -0.05) is 30.3 Å². The van der Waals surface area contributed by atoms with Crippen LogP contribution >= 0.6 is 0 Å². The lowest BCUT2D eigenvalue weighted by atomic mass is 10.1. The van der Waals surface area contributed by atoms with E-state index in [0.717, 1.165) is 16.9 Å². The Morgan fingerprint density at radius 3 is 2.39 bits per heavy atom. The number of nitrogens with zero attached hydrogens (tertiary/aromatic N) is 1. The molecule has 3 rings (SSSR count). The molecule has 0 saturated carbocycles. The number of hydrogen-bond acceptors (Lipinski definition) is 5. The van der Waals surface area contributed by atoms with Gasteiger partial charge in [-0.3, -0.25) is 19.3 Å². The van der Waals surface area contributed by atoms with Gasteiger partial charge in [0.2, 0.25) is 0 Å². The van der Waals surface area contributed by atoms with Gasteiger partial charge in [-0.2, -0.15) is 0 Å². The highest BCUT2D eigenvalue weighted by Crippen LogP contribution is 2.17. The number of anilines is 1. The summed E-state index contributed by atoms with van der Waals surface area (Å²) in [6.07, 6.45) is 1.95. The Morgan fingerprint density at radius 2 is 1.71 bits per heavy atom. The minimum absolute atomic E-state index is 0.0402. The molecule has 3 amide bonds. The minimum atomic E-state index is -0.484. The molecule has 0 aliphatic carbocycles. The summed E-state index contributed by atoms with van der Waals surface area (Å²) in [5, 5.41) is 14.7. The van der Waals surface area contributed by atoms with Crippen LogP contribution in [0.4, 0.5) is 5.69 Å². The van der Waals surface area contributed by atoms with Gasteiger partial charge in [0, 0.05) is 23.9 Å². The number of benzene rings is 2. The number of amides is 3. The fourth-order valence-electron chi connectivity index (χ4n) is 2.84. The molecule has 144 valence electrons. The molecule has 7 nitrogen and oxygen atoms in total. The molecule has 0 fully saturated rings. The summed E-state index contributed by atoms with van der Waals surface area (Å²) in [4.78, 5) is 37.1. The minimum Gasteiger partial charge on any atom is -0.395 e. The summed E-state index contributed by atoms with van der Waals surface area (Å²) in [5.74, 6) is -1.12. The number of aliphatic hydroxyl groups excluding tert-OH is 1. The van der Waals surface area contributed by atoms with Gasteiger partial charge in [0.15, 0.2) is 0 Å². The Labute approximate surface area is 162 Å². The molecule has 1 heterocycles. The maximum absolute atomic E-state index is 12.2. The first kappa shape index (κ1) is 19.3. The number of hydrogen-bond donors (Lipinski definition) is 3. The summed E-state index contributed by atoms with van der Waals surface area (Å²) in [5.41, 5.74) is 2.38. The van der Waals surface area contributed by atoms with Gasteiger partial charge >= 0.3 is 0 Å². The van der Waals surface area contributed by atoms with Crippen molar-refractivity contribution in [2.75, 3.05) is 25.0 Å². The van der Waals surface area contributed by atoms with Crippen molar-refractivity contribution in [1.29, 1.82) is 0 Å². The average Bonchev–Trinajstić information content (AvgIpc) is 2.97. The molecule has 1 aliphatic heterocycles. The lowest BCUT2D eigenvalue weighted by Gasteiger charge is -2.13. The molecule has 2 aromatic rings. The van der Waals surface area contributed by atoms with Crippen molar-refractivity contribution < 1.29 is 19.5 Å². The van der Waals surface area contributed by atoms with Gasteiger partial charge in [0.05, 0.1) is 13.2 Å². The SMILES string of the molecule is O=C(NCCc1ccccc1)c1ccc(NC2=CC(=O)N(CCO)C2=O)cc1. The molecule has 7 heteroatoms. The highest BCUT2D eigenvalue weighted by Gasteiger charge is 2.30. The second-order valence-corrected chi connectivity index (χ2v) is 6.27. The van der Waals surface area contributed by atoms with Crippen LogP contribution in [-0.2, 0) is 16.0 Å². The summed E-state index contributed by atoms with van der Waals surface area (Å²) in [6, 6.07) is 16.5. The van der Waals surface area contributed by atoms with E-state index >= 15 is 0 Å². The summed E-state index contributed by atoms with van der Waals surface area (Å²) < 4.78 is 0. The maximum Gasteiger partial charge on any atom is 0.277 e. The van der Waals surface area contributed by atoms with Gasteiger partial charge in [-0.05, 0) is 36.2 Å². The molecule has 0 atom stereocenters. The van der Waals surface area contributed by atoms with E-state index in [4.69, 9.17) is 5.11 Å². The molecule has 2 aromatic carbocycles. The Morgan fingerprint density at radius 1 is 1.00 bits per heavy atom. The topological polar surface area (TPSA) is 98.7 Å². The number of imide groups is 1. The van der Waals surface area contributed by atoms with Crippen LogP contribution < -0.4 is 10.6 Å². The first-order chi connectivity index (χ1) is 13.6. The van der Waals surface area contributed by atoms with Crippen LogP contribution in [0, 0.1) is 0 Å². The van der Waals surface area contributed by atoms with E-state index in [-0.39, 0.29) is 24.8 Å². The monoisotopic (exact) mass is 379 g/mol. The quantitative estimate of drug-likeness (QED) is 0.601. The Bertz CT molecular complexity index is 892. The van der Waals surface area contributed by atoms with Crippen molar-refractivity contribution in [3.05, 3.63) is 77.5 Å². The second kappa shape index (κ2) is 8.96. The largest absolute Gasteiger partial charge is 0.395 e. The first-order valence-corrected chi connectivity index (χ1v) is 8.96. The van der Waals surface area contributed by atoms with Crippen LogP contribution in [0.25, 0.3) is 0 Å². The molecular formula is C21H21N3O4. The average molecular weight is 379 g/mol. The maximum atomic E-state index is 12.2. The molecule has 0 aromatic heterocycles. The first-order valence-electron chi connectivity index (χ1n) is 8.96. The zero-order valence-electron chi connectivity index (χ0n) is 15.2. The number of carbonyl (C=O) groups is 3. The normalized spacial score (nSPS) is 13.5. The van der Waals surface area contributed by atoms with Gasteiger partial charge in [-0.15, -0.1) is 0 Å². The van der Waals surface area contributed by atoms with Crippen molar-refractivity contribution in [3.8, 4) is 0 Å². The van der Waals surface area contributed by atoms with E-state index in [1.807, 2.05) is 30.3 Å². The third kappa shape index (κ3) is 4.63. The number of β-amino-alcohol motifs (C(OH)–C–C–N with tert-alkyl or cyclic N) is 1. The molecule has 0 spiro atoms. The molecule has 0 unspecified atom stereocenters. The predicted molar refractivity (Wildman–Crippen MR) is 104 cm³/mol. The lowest BCUT2D eigenvalue weighted by Crippen LogP contribution is -2.34. The predicted octanol–water partition coefficient (Wildman–Crippen LogP) is 1.32. The van der Waals surface area contributed by atoms with Crippen LogP contribution in [0.5, 0.6) is 0 Å². The molecular weight excluding hydrogens is 358 g/mol. The van der Waals surface area contributed by atoms with Gasteiger partial charge < -0.3 is 15.7 Å². The molecule has 0 saturated heterocycles. The standard InChI is InChI=1S/C21H21N3O4/c25-13-12-24-19(26)14-18(21(24)28)23-17-8-6-16(7-9-17)20(27)22-11-10-15-4-2-1-3-5-15/h1-9,14,23,25H,10-13H2,(H,22,27). The zero-order chi connectivity index (χ0) is 19.9. The van der Waals surface area contributed by atoms with Gasteiger partial charge in [0.1, 0.15) is 5.70 Å². The lowest BCUT2D eigenvalue weighted by molar-refractivity contribution is -0.137. The molecule has 28 heavy (non-hydrogen) atoms. The van der Waals surface area contributed by atoms with Crippen molar-refractivity contribution in [2.45, 2.75) is 6.42 Å². The van der Waals surface area contributed by atoms with Crippen molar-refractivity contribution >= 4 is 23.4 Å². The van der Waals surface area contributed by atoms with Crippen LogP contribution in [0.2, 0.25) is 0 Å². The zero-order valence-corrected chi connectivity index (χ0v) is 15.2. The number of nitrogens with one attached hydrogen (secondary N) is 2. The fraction of sp³-hybridized carbons (Fsp3) is 0.190. The third-order valence-corrected chi connectivity index (χ3v) is 4.30. The van der Waals surface area contributed by atoms with E-state index in [9.17, 15) is 14.4 Å².